The van der Waals surface area contributed by atoms with Crippen molar-refractivity contribution in [3.05, 3.63) is 0 Å². The predicted octanol–water partition coefficient (Wildman–Crippen LogP) is 5.29. The van der Waals surface area contributed by atoms with Crippen LogP contribution in [-0.4, -0.2) is 22.6 Å². The number of fused-ring (bicyclic) bond motifs is 3. The first-order valence-corrected chi connectivity index (χ1v) is 12.1. The molecule has 5 fully saturated rings. The van der Waals surface area contributed by atoms with Crippen LogP contribution in [0.25, 0.3) is 0 Å². The van der Waals surface area contributed by atoms with Crippen molar-refractivity contribution in [1.82, 2.24) is 0 Å². The summed E-state index contributed by atoms with van der Waals surface area (Å²) in [6.45, 7) is 6.64. The number of thioether (sulfide) groups is 1. The van der Waals surface area contributed by atoms with Crippen LogP contribution in [0.1, 0.15) is 78.6 Å². The molecule has 1 saturated heterocycles. The first-order valence-electron chi connectivity index (χ1n) is 11.0. The van der Waals surface area contributed by atoms with Crippen molar-refractivity contribution >= 4 is 23.3 Å². The van der Waals surface area contributed by atoms with Crippen LogP contribution in [0.4, 0.5) is 0 Å². The van der Waals surface area contributed by atoms with E-state index in [9.17, 15) is 9.59 Å². The molecule has 8 atom stereocenters. The van der Waals surface area contributed by atoms with Crippen molar-refractivity contribution in [2.45, 2.75) is 83.8 Å². The molecule has 2 nitrogen and oxygen atoms in total. The van der Waals surface area contributed by atoms with E-state index in [0.717, 1.165) is 43.4 Å². The molecule has 26 heavy (non-hydrogen) atoms. The fourth-order valence-electron chi connectivity index (χ4n) is 9.16. The van der Waals surface area contributed by atoms with Gasteiger partial charge in [-0.05, 0) is 85.9 Å². The van der Waals surface area contributed by atoms with Gasteiger partial charge >= 0.3 is 0 Å². The largest absolute Gasteiger partial charge is 0.300 e. The fourth-order valence-corrected chi connectivity index (χ4v) is 11.5. The topological polar surface area (TPSA) is 34.1 Å². The Kier molecular flexibility index (Phi) is 3.83. The first kappa shape index (κ1) is 17.8. The quantitative estimate of drug-likeness (QED) is 0.658. The Morgan fingerprint density at radius 2 is 2.00 bits per heavy atom. The van der Waals surface area contributed by atoms with E-state index in [0.29, 0.717) is 33.6 Å². The molecule has 3 unspecified atom stereocenters. The van der Waals surface area contributed by atoms with Gasteiger partial charge in [-0.1, -0.05) is 13.8 Å². The van der Waals surface area contributed by atoms with Crippen molar-refractivity contribution in [2.24, 2.45) is 39.9 Å². The summed E-state index contributed by atoms with van der Waals surface area (Å²) in [5.41, 5.74) is 0.967. The molecule has 2 bridgehead atoms. The lowest BCUT2D eigenvalue weighted by Gasteiger charge is -2.64. The van der Waals surface area contributed by atoms with Gasteiger partial charge in [0.1, 0.15) is 11.6 Å². The summed E-state index contributed by atoms with van der Waals surface area (Å²) in [6, 6.07) is 0. The third-order valence-electron chi connectivity index (χ3n) is 10.3. The maximum Gasteiger partial charge on any atom is 0.133 e. The van der Waals surface area contributed by atoms with Crippen LogP contribution in [0.5, 0.6) is 0 Å². The highest BCUT2D eigenvalue weighted by Crippen LogP contribution is 2.76. The molecule has 3 heteroatoms. The van der Waals surface area contributed by atoms with Gasteiger partial charge in [-0.25, -0.2) is 0 Å². The van der Waals surface area contributed by atoms with Crippen LogP contribution >= 0.6 is 11.8 Å². The van der Waals surface area contributed by atoms with Gasteiger partial charge in [0.15, 0.2) is 0 Å². The summed E-state index contributed by atoms with van der Waals surface area (Å²) in [4.78, 5) is 24.8. The van der Waals surface area contributed by atoms with E-state index in [1.54, 1.807) is 0 Å². The van der Waals surface area contributed by atoms with E-state index < -0.39 is 0 Å². The Bertz CT molecular complexity index is 659. The Morgan fingerprint density at radius 1 is 1.19 bits per heavy atom. The summed E-state index contributed by atoms with van der Waals surface area (Å²) in [6.07, 6.45) is 10.3. The lowest BCUT2D eigenvalue weighted by Crippen LogP contribution is -2.61. The van der Waals surface area contributed by atoms with Crippen LogP contribution in [0.15, 0.2) is 0 Å². The predicted molar refractivity (Wildman–Crippen MR) is 106 cm³/mol. The van der Waals surface area contributed by atoms with E-state index in [4.69, 9.17) is 0 Å². The number of rotatable bonds is 2. The van der Waals surface area contributed by atoms with Crippen molar-refractivity contribution in [2.75, 3.05) is 5.75 Å². The molecule has 0 amide bonds. The molecule has 0 N–H and O–H groups in total. The van der Waals surface area contributed by atoms with E-state index in [2.05, 4.69) is 25.6 Å². The van der Waals surface area contributed by atoms with Crippen molar-refractivity contribution in [3.63, 3.8) is 0 Å². The van der Waals surface area contributed by atoms with Gasteiger partial charge in [-0.15, -0.1) is 0 Å². The van der Waals surface area contributed by atoms with Gasteiger partial charge in [-0.2, -0.15) is 11.8 Å². The lowest BCUT2D eigenvalue weighted by atomic mass is 9.39. The van der Waals surface area contributed by atoms with E-state index in [-0.39, 0.29) is 5.41 Å². The molecule has 4 saturated carbocycles. The van der Waals surface area contributed by atoms with Crippen molar-refractivity contribution in [3.8, 4) is 0 Å². The first-order chi connectivity index (χ1) is 12.4. The molecular formula is C23H34O2S. The van der Waals surface area contributed by atoms with Crippen LogP contribution < -0.4 is 0 Å². The normalized spacial score (nSPS) is 55.2. The number of hydrogen-bond acceptors (Lipinski definition) is 3. The Labute approximate surface area is 162 Å². The number of Topliss-reactive ketones (excluding diaryl/α,β-unsaturated/α-hetero) is 2. The summed E-state index contributed by atoms with van der Waals surface area (Å²) < 4.78 is 0. The van der Waals surface area contributed by atoms with Gasteiger partial charge in [0.25, 0.3) is 0 Å². The molecule has 0 aromatic rings. The van der Waals surface area contributed by atoms with Crippen LogP contribution in [0.2, 0.25) is 0 Å². The number of ketones is 2. The zero-order valence-corrected chi connectivity index (χ0v) is 17.5. The Balaban J connectivity index is 1.55. The zero-order chi connectivity index (χ0) is 18.3. The molecule has 4 aliphatic carbocycles. The average molecular weight is 375 g/mol. The molecule has 144 valence electrons. The van der Waals surface area contributed by atoms with Gasteiger partial charge in [-0.3, -0.25) is 9.59 Å². The van der Waals surface area contributed by atoms with E-state index in [1.165, 1.54) is 37.9 Å². The van der Waals surface area contributed by atoms with Gasteiger partial charge < -0.3 is 0 Å². The second-order valence-electron chi connectivity index (χ2n) is 10.6. The van der Waals surface area contributed by atoms with Crippen LogP contribution in [0.3, 0.4) is 0 Å². The standard InChI is InChI=1S/C23H34O2S/c1-4-22-12-15(25)7-10-23(22)13-26-20(22)11-16-18-6-5-17(14(2)24)21(18,3)9-8-19(16)23/h16-20H,4-13H2,1-3H3/t16?,17-,18?,19?,20-,21-,22-,23+/m1/s1. The molecule has 5 rings (SSSR count). The molecule has 5 aliphatic rings. The minimum atomic E-state index is 0.254. The van der Waals surface area contributed by atoms with Gasteiger partial charge in [0, 0.05) is 29.8 Å². The Hall–Kier alpha value is -0.310. The molecule has 1 aliphatic heterocycles. The molecular weight excluding hydrogens is 340 g/mol. The fraction of sp³-hybridized carbons (Fsp3) is 0.913. The summed E-state index contributed by atoms with van der Waals surface area (Å²) in [5, 5.41) is 0.691. The Morgan fingerprint density at radius 3 is 2.73 bits per heavy atom. The minimum absolute atomic E-state index is 0.254. The zero-order valence-electron chi connectivity index (χ0n) is 16.7. The lowest BCUT2D eigenvalue weighted by molar-refractivity contribution is -0.160. The maximum atomic E-state index is 12.5. The number of carbonyl (C=O) groups is 2. The second-order valence-corrected chi connectivity index (χ2v) is 11.8. The monoisotopic (exact) mass is 374 g/mol. The summed E-state index contributed by atoms with van der Waals surface area (Å²) in [5.74, 6) is 4.95. The van der Waals surface area contributed by atoms with Crippen LogP contribution in [-0.2, 0) is 9.59 Å². The molecule has 0 aromatic heterocycles. The average Bonchev–Trinajstić information content (AvgIpc) is 3.06. The van der Waals surface area contributed by atoms with Gasteiger partial charge in [0.2, 0.25) is 0 Å². The number of carbonyl (C=O) groups excluding carboxylic acids is 2. The molecule has 0 aromatic carbocycles. The van der Waals surface area contributed by atoms with Crippen LogP contribution in [0, 0.1) is 39.9 Å². The van der Waals surface area contributed by atoms with Crippen molar-refractivity contribution < 1.29 is 9.59 Å². The highest BCUT2D eigenvalue weighted by atomic mass is 32.2. The maximum absolute atomic E-state index is 12.5. The molecule has 1 heterocycles. The highest BCUT2D eigenvalue weighted by Gasteiger charge is 2.71. The summed E-state index contributed by atoms with van der Waals surface area (Å²) >= 11 is 2.22. The summed E-state index contributed by atoms with van der Waals surface area (Å²) in [7, 11) is 0. The molecule has 0 spiro atoms. The van der Waals surface area contributed by atoms with E-state index in [1.807, 2.05) is 6.92 Å². The SMILES string of the molecule is CC[C@]12CC(=O)CC[C@@]13CS[C@@H]2CC1C3CC[C@@]2(C)C1CC[C@@H]2C(C)=O. The van der Waals surface area contributed by atoms with Crippen molar-refractivity contribution in [1.29, 1.82) is 0 Å². The molecule has 0 radical (unpaired) electrons. The third-order valence-corrected chi connectivity index (χ3v) is 12.0. The second kappa shape index (κ2) is 5.61. The van der Waals surface area contributed by atoms with E-state index >= 15 is 0 Å². The number of hydrogen-bond donors (Lipinski definition) is 0. The third kappa shape index (κ3) is 1.92. The highest BCUT2D eigenvalue weighted by molar-refractivity contribution is 8.00. The smallest absolute Gasteiger partial charge is 0.133 e. The van der Waals surface area contributed by atoms with Gasteiger partial charge in [0.05, 0.1) is 0 Å². The minimum Gasteiger partial charge on any atom is -0.300 e.